The van der Waals surface area contributed by atoms with Crippen LogP contribution in [0.3, 0.4) is 0 Å². The van der Waals surface area contributed by atoms with Gasteiger partial charge in [-0.15, -0.1) is 0 Å². The number of halogens is 1. The molecule has 1 aliphatic carbocycles. The number of aryl methyl sites for hydroxylation is 1. The van der Waals surface area contributed by atoms with E-state index in [2.05, 4.69) is 31.2 Å². The number of aromatic amines is 1. The smallest absolute Gasteiger partial charge is 0.269 e. The van der Waals surface area contributed by atoms with Crippen LogP contribution < -0.4 is 10.9 Å². The van der Waals surface area contributed by atoms with E-state index in [0.29, 0.717) is 29.9 Å². The van der Waals surface area contributed by atoms with E-state index in [9.17, 15) is 14.0 Å². The minimum atomic E-state index is -0.617. The number of carbonyl (C=O) groups excluding carboxylic acids is 1. The molecule has 156 valence electrons. The molecule has 0 spiro atoms. The lowest BCUT2D eigenvalue weighted by atomic mass is 9.99. The summed E-state index contributed by atoms with van der Waals surface area (Å²) in [5.74, 6) is -0.378. The van der Waals surface area contributed by atoms with E-state index < -0.39 is 11.9 Å². The van der Waals surface area contributed by atoms with E-state index in [1.807, 2.05) is 6.08 Å². The first-order valence-corrected chi connectivity index (χ1v) is 10.1. The molecule has 1 unspecified atom stereocenters. The van der Waals surface area contributed by atoms with Gasteiger partial charge in [0.2, 0.25) is 5.95 Å². The standard InChI is InChI=1S/C22H24FN5O2/c1-13-12-25-20(27-21(13)29)15-3-4-16(11-15)28-9-7-14(8-10-28)17-5-6-18(22(30)24-2)26-19(17)23/h5-7,11-12,16H,3-4,8-10H2,1-2H3,(H,24,30)(H,25,27,29). The van der Waals surface area contributed by atoms with Crippen LogP contribution in [-0.4, -0.2) is 51.9 Å². The molecule has 0 aromatic carbocycles. The number of H-pyrrole nitrogens is 1. The molecule has 4 rings (SSSR count). The van der Waals surface area contributed by atoms with Crippen molar-refractivity contribution in [2.24, 2.45) is 0 Å². The quantitative estimate of drug-likeness (QED) is 0.757. The first-order chi connectivity index (χ1) is 14.5. The third-order valence-corrected chi connectivity index (χ3v) is 5.75. The number of nitrogens with zero attached hydrogens (tertiary/aromatic N) is 3. The summed E-state index contributed by atoms with van der Waals surface area (Å²) in [6.45, 7) is 3.25. The summed E-state index contributed by atoms with van der Waals surface area (Å²) in [6, 6.07) is 3.44. The highest BCUT2D eigenvalue weighted by atomic mass is 19.1. The van der Waals surface area contributed by atoms with Gasteiger partial charge in [0.15, 0.2) is 0 Å². The molecule has 1 atom stereocenters. The molecule has 3 heterocycles. The molecule has 0 fully saturated rings. The van der Waals surface area contributed by atoms with Crippen LogP contribution in [0, 0.1) is 12.9 Å². The van der Waals surface area contributed by atoms with Gasteiger partial charge in [0.05, 0.1) is 0 Å². The van der Waals surface area contributed by atoms with Gasteiger partial charge in [-0.2, -0.15) is 4.39 Å². The summed E-state index contributed by atoms with van der Waals surface area (Å²) < 4.78 is 14.4. The fourth-order valence-corrected chi connectivity index (χ4v) is 3.97. The van der Waals surface area contributed by atoms with Crippen molar-refractivity contribution in [1.29, 1.82) is 0 Å². The highest BCUT2D eigenvalue weighted by Gasteiger charge is 2.26. The predicted octanol–water partition coefficient (Wildman–Crippen LogP) is 2.31. The second kappa shape index (κ2) is 8.31. The summed E-state index contributed by atoms with van der Waals surface area (Å²) in [7, 11) is 1.49. The summed E-state index contributed by atoms with van der Waals surface area (Å²) in [6.07, 6.45) is 8.34. The average Bonchev–Trinajstić information content (AvgIpc) is 3.25. The maximum atomic E-state index is 14.4. The number of amides is 1. The molecule has 0 saturated heterocycles. The molecule has 1 amide bonds. The SMILES string of the molecule is CNC(=O)c1ccc(C2=CCN(C3C=C(c4ncc(C)c(=O)[nH]4)CC3)CC2)c(F)n1. The van der Waals surface area contributed by atoms with Gasteiger partial charge >= 0.3 is 0 Å². The van der Waals surface area contributed by atoms with Crippen LogP contribution >= 0.6 is 0 Å². The zero-order chi connectivity index (χ0) is 21.3. The van der Waals surface area contributed by atoms with Gasteiger partial charge in [-0.3, -0.25) is 14.5 Å². The molecule has 1 aliphatic heterocycles. The van der Waals surface area contributed by atoms with Gasteiger partial charge in [0.1, 0.15) is 11.5 Å². The molecule has 2 aromatic heterocycles. The Bertz CT molecular complexity index is 1100. The van der Waals surface area contributed by atoms with E-state index in [1.165, 1.54) is 7.05 Å². The van der Waals surface area contributed by atoms with Gasteiger partial charge < -0.3 is 10.3 Å². The molecule has 30 heavy (non-hydrogen) atoms. The Kier molecular flexibility index (Phi) is 5.59. The molecule has 7 nitrogen and oxygen atoms in total. The van der Waals surface area contributed by atoms with Crippen LogP contribution in [-0.2, 0) is 0 Å². The van der Waals surface area contributed by atoms with Gasteiger partial charge in [0, 0.05) is 43.5 Å². The summed E-state index contributed by atoms with van der Waals surface area (Å²) in [5, 5.41) is 2.45. The van der Waals surface area contributed by atoms with Crippen molar-refractivity contribution in [2.45, 2.75) is 32.2 Å². The average molecular weight is 409 g/mol. The summed E-state index contributed by atoms with van der Waals surface area (Å²) in [5.41, 5.74) is 2.99. The lowest BCUT2D eigenvalue weighted by molar-refractivity contribution is 0.0957. The number of rotatable bonds is 4. The summed E-state index contributed by atoms with van der Waals surface area (Å²) >= 11 is 0. The lowest BCUT2D eigenvalue weighted by Crippen LogP contribution is -2.36. The Morgan fingerprint density at radius 2 is 2.13 bits per heavy atom. The van der Waals surface area contributed by atoms with E-state index in [-0.39, 0.29) is 17.3 Å². The van der Waals surface area contributed by atoms with Crippen molar-refractivity contribution >= 4 is 17.1 Å². The number of allylic oxidation sites excluding steroid dienone is 1. The first kappa shape index (κ1) is 20.2. The molecule has 0 radical (unpaired) electrons. The van der Waals surface area contributed by atoms with Crippen molar-refractivity contribution < 1.29 is 9.18 Å². The lowest BCUT2D eigenvalue weighted by Gasteiger charge is -2.30. The van der Waals surface area contributed by atoms with Crippen molar-refractivity contribution in [3.63, 3.8) is 0 Å². The largest absolute Gasteiger partial charge is 0.354 e. The normalized spacial score (nSPS) is 19.4. The second-order valence-corrected chi connectivity index (χ2v) is 7.63. The molecule has 0 bridgehead atoms. The number of carbonyl (C=O) groups is 1. The topological polar surface area (TPSA) is 91.0 Å². The highest BCUT2D eigenvalue weighted by molar-refractivity contribution is 5.92. The Morgan fingerprint density at radius 1 is 1.30 bits per heavy atom. The molecular weight excluding hydrogens is 385 g/mol. The Hall–Kier alpha value is -3.13. The fourth-order valence-electron chi connectivity index (χ4n) is 3.97. The molecule has 2 aromatic rings. The predicted molar refractivity (Wildman–Crippen MR) is 112 cm³/mol. The number of pyridine rings is 1. The van der Waals surface area contributed by atoms with Crippen molar-refractivity contribution in [3.8, 4) is 0 Å². The molecular formula is C22H24FN5O2. The maximum absolute atomic E-state index is 14.4. The zero-order valence-electron chi connectivity index (χ0n) is 17.0. The maximum Gasteiger partial charge on any atom is 0.269 e. The van der Waals surface area contributed by atoms with Crippen LogP contribution in [0.1, 0.15) is 46.7 Å². The van der Waals surface area contributed by atoms with E-state index in [0.717, 1.165) is 30.5 Å². The number of hydrogen-bond acceptors (Lipinski definition) is 5. The first-order valence-electron chi connectivity index (χ1n) is 10.1. The highest BCUT2D eigenvalue weighted by Crippen LogP contribution is 2.31. The van der Waals surface area contributed by atoms with E-state index in [1.54, 1.807) is 25.3 Å². The number of aromatic nitrogens is 3. The second-order valence-electron chi connectivity index (χ2n) is 7.63. The Labute approximate surface area is 173 Å². The number of nitrogens with one attached hydrogen (secondary N) is 2. The third kappa shape index (κ3) is 3.95. The van der Waals surface area contributed by atoms with E-state index in [4.69, 9.17) is 0 Å². The molecule has 2 N–H and O–H groups in total. The minimum absolute atomic E-state index is 0.0724. The van der Waals surface area contributed by atoms with Gasteiger partial charge in [0.25, 0.3) is 11.5 Å². The Morgan fingerprint density at radius 3 is 2.80 bits per heavy atom. The summed E-state index contributed by atoms with van der Waals surface area (Å²) in [4.78, 5) is 36.8. The Balaban J connectivity index is 1.46. The molecule has 0 saturated carbocycles. The molecule has 2 aliphatic rings. The van der Waals surface area contributed by atoms with Crippen molar-refractivity contribution in [2.75, 3.05) is 20.1 Å². The zero-order valence-corrected chi connectivity index (χ0v) is 17.0. The van der Waals surface area contributed by atoms with Gasteiger partial charge in [-0.25, -0.2) is 9.97 Å². The van der Waals surface area contributed by atoms with Crippen molar-refractivity contribution in [3.05, 3.63) is 69.4 Å². The van der Waals surface area contributed by atoms with Gasteiger partial charge in [-0.05, 0) is 49.5 Å². The third-order valence-electron chi connectivity index (χ3n) is 5.75. The van der Waals surface area contributed by atoms with Crippen LogP contribution in [0.2, 0.25) is 0 Å². The molecule has 8 heteroatoms. The van der Waals surface area contributed by atoms with Crippen LogP contribution in [0.25, 0.3) is 11.1 Å². The van der Waals surface area contributed by atoms with Crippen LogP contribution in [0.4, 0.5) is 4.39 Å². The fraction of sp³-hybridized carbons (Fsp3) is 0.364. The minimum Gasteiger partial charge on any atom is -0.354 e. The van der Waals surface area contributed by atoms with E-state index >= 15 is 0 Å². The van der Waals surface area contributed by atoms with Crippen LogP contribution in [0.5, 0.6) is 0 Å². The monoisotopic (exact) mass is 409 g/mol. The number of hydrogen-bond donors (Lipinski definition) is 2. The van der Waals surface area contributed by atoms with Crippen molar-refractivity contribution in [1.82, 2.24) is 25.2 Å². The van der Waals surface area contributed by atoms with Gasteiger partial charge in [-0.1, -0.05) is 12.2 Å². The van der Waals surface area contributed by atoms with Crippen LogP contribution in [0.15, 0.2) is 35.3 Å².